The van der Waals surface area contributed by atoms with E-state index in [1.165, 1.54) is 0 Å². The van der Waals surface area contributed by atoms with Crippen LogP contribution in [0.1, 0.15) is 36.1 Å². The number of hydrogen-bond donors (Lipinski definition) is 2. The Morgan fingerprint density at radius 1 is 1.32 bits per heavy atom. The highest BCUT2D eigenvalue weighted by Gasteiger charge is 2.44. The van der Waals surface area contributed by atoms with Gasteiger partial charge < -0.3 is 10.6 Å². The van der Waals surface area contributed by atoms with Gasteiger partial charge in [-0.2, -0.15) is 0 Å². The number of nitrogens with two attached hydrogens (primary N) is 1. The van der Waals surface area contributed by atoms with Gasteiger partial charge in [-0.3, -0.25) is 19.6 Å². The smallest absolute Gasteiger partial charge is 0.255 e. The molecule has 0 saturated carbocycles. The van der Waals surface area contributed by atoms with Crippen molar-refractivity contribution in [3.63, 3.8) is 0 Å². The number of pyridine rings is 1. The first-order valence-electron chi connectivity index (χ1n) is 8.63. The number of rotatable bonds is 2. The predicted octanol–water partition coefficient (Wildman–Crippen LogP) is 0.796. The minimum Gasteiger partial charge on any atom is -0.369 e. The number of piperidine rings is 1. The fourth-order valence-electron chi connectivity index (χ4n) is 4.13. The standard InChI is InChI=1S/C18H21N5O2/c19-17-21-15-13(16(25)22-17)3-4-18(15)5-8-23(9-6-18)14(24)10-12-2-1-7-20-11-12/h1-2,7,11H,3-6,8-10H2,(H3,19,21,22,25). The normalized spacial score (nSPS) is 18.3. The van der Waals surface area contributed by atoms with E-state index in [1.54, 1.807) is 12.4 Å². The number of nitrogens with one attached hydrogen (secondary N) is 1. The number of likely N-dealkylation sites (tertiary alicyclic amines) is 1. The maximum Gasteiger partial charge on any atom is 0.255 e. The zero-order valence-electron chi connectivity index (χ0n) is 14.0. The number of anilines is 1. The van der Waals surface area contributed by atoms with Gasteiger partial charge >= 0.3 is 0 Å². The van der Waals surface area contributed by atoms with Gasteiger partial charge in [-0.05, 0) is 37.3 Å². The number of carbonyl (C=O) groups is 1. The molecular weight excluding hydrogens is 318 g/mol. The van der Waals surface area contributed by atoms with Crippen LogP contribution in [0.5, 0.6) is 0 Å². The Morgan fingerprint density at radius 3 is 2.84 bits per heavy atom. The number of aromatic amines is 1. The molecule has 1 saturated heterocycles. The van der Waals surface area contributed by atoms with Crippen molar-refractivity contribution in [2.45, 2.75) is 37.5 Å². The molecular formula is C18H21N5O2. The van der Waals surface area contributed by atoms with Crippen LogP contribution in [0.3, 0.4) is 0 Å². The fraction of sp³-hybridized carbons (Fsp3) is 0.444. The van der Waals surface area contributed by atoms with Crippen molar-refractivity contribution in [2.75, 3.05) is 18.8 Å². The number of fused-ring (bicyclic) bond motifs is 2. The number of carbonyl (C=O) groups excluding carboxylic acids is 1. The largest absolute Gasteiger partial charge is 0.369 e. The number of amides is 1. The summed E-state index contributed by atoms with van der Waals surface area (Å²) in [6.45, 7) is 1.37. The maximum absolute atomic E-state index is 12.5. The summed E-state index contributed by atoms with van der Waals surface area (Å²) in [6.07, 6.45) is 7.12. The molecule has 7 nitrogen and oxygen atoms in total. The van der Waals surface area contributed by atoms with Crippen LogP contribution in [-0.4, -0.2) is 38.8 Å². The summed E-state index contributed by atoms with van der Waals surface area (Å²) in [7, 11) is 0. The first-order valence-corrected chi connectivity index (χ1v) is 8.63. The molecule has 0 radical (unpaired) electrons. The van der Waals surface area contributed by atoms with Gasteiger partial charge in [0.25, 0.3) is 5.56 Å². The van der Waals surface area contributed by atoms with Crippen molar-refractivity contribution in [1.82, 2.24) is 19.9 Å². The van der Waals surface area contributed by atoms with Gasteiger partial charge in [0, 0.05) is 36.5 Å². The summed E-state index contributed by atoms with van der Waals surface area (Å²) in [5.74, 6) is 0.305. The molecule has 3 heterocycles. The Balaban J connectivity index is 1.48. The van der Waals surface area contributed by atoms with Crippen LogP contribution in [0, 0.1) is 0 Å². The molecule has 3 N–H and O–H groups in total. The quantitative estimate of drug-likeness (QED) is 0.842. The lowest BCUT2D eigenvalue weighted by Crippen LogP contribution is -2.45. The molecule has 1 spiro atoms. The number of nitrogens with zero attached hydrogens (tertiary/aromatic N) is 3. The van der Waals surface area contributed by atoms with Crippen molar-refractivity contribution in [1.29, 1.82) is 0 Å². The zero-order valence-corrected chi connectivity index (χ0v) is 14.0. The Kier molecular flexibility index (Phi) is 3.78. The van der Waals surface area contributed by atoms with Gasteiger partial charge in [-0.1, -0.05) is 6.07 Å². The Hall–Kier alpha value is -2.70. The lowest BCUT2D eigenvalue weighted by atomic mass is 9.76. The highest BCUT2D eigenvalue weighted by atomic mass is 16.2. The molecule has 130 valence electrons. The second kappa shape index (κ2) is 5.98. The highest BCUT2D eigenvalue weighted by molar-refractivity contribution is 5.78. The predicted molar refractivity (Wildman–Crippen MR) is 93.0 cm³/mol. The van der Waals surface area contributed by atoms with E-state index < -0.39 is 0 Å². The lowest BCUT2D eigenvalue weighted by Gasteiger charge is -2.39. The molecule has 2 aromatic heterocycles. The van der Waals surface area contributed by atoms with Gasteiger partial charge in [0.05, 0.1) is 12.1 Å². The zero-order chi connectivity index (χ0) is 17.4. The van der Waals surface area contributed by atoms with Crippen LogP contribution in [0.2, 0.25) is 0 Å². The molecule has 1 fully saturated rings. The van der Waals surface area contributed by atoms with Crippen molar-refractivity contribution < 1.29 is 4.79 Å². The third-order valence-electron chi connectivity index (χ3n) is 5.54. The summed E-state index contributed by atoms with van der Waals surface area (Å²) >= 11 is 0. The molecule has 4 rings (SSSR count). The molecule has 1 aliphatic carbocycles. The van der Waals surface area contributed by atoms with E-state index in [0.29, 0.717) is 19.5 Å². The third-order valence-corrected chi connectivity index (χ3v) is 5.54. The van der Waals surface area contributed by atoms with E-state index >= 15 is 0 Å². The van der Waals surface area contributed by atoms with Gasteiger partial charge in [0.2, 0.25) is 11.9 Å². The van der Waals surface area contributed by atoms with Gasteiger partial charge in [-0.25, -0.2) is 4.98 Å². The molecule has 1 amide bonds. The van der Waals surface area contributed by atoms with Crippen LogP contribution in [0.4, 0.5) is 5.95 Å². The van der Waals surface area contributed by atoms with Crippen LogP contribution >= 0.6 is 0 Å². The Bertz CT molecular complexity index is 854. The topological polar surface area (TPSA) is 105 Å². The summed E-state index contributed by atoms with van der Waals surface area (Å²) < 4.78 is 0. The lowest BCUT2D eigenvalue weighted by molar-refractivity contribution is -0.132. The molecule has 0 aromatic carbocycles. The van der Waals surface area contributed by atoms with Crippen LogP contribution in [0.15, 0.2) is 29.3 Å². The summed E-state index contributed by atoms with van der Waals surface area (Å²) in [5.41, 5.74) is 8.07. The van der Waals surface area contributed by atoms with Gasteiger partial charge in [0.15, 0.2) is 0 Å². The molecule has 0 bridgehead atoms. The summed E-state index contributed by atoms with van der Waals surface area (Å²) in [6, 6.07) is 3.76. The minimum atomic E-state index is -0.116. The first-order chi connectivity index (χ1) is 12.1. The SMILES string of the molecule is Nc1nc2c(c(=O)[nH]1)CCC21CCN(C(=O)Cc2cccnc2)CC1. The van der Waals surface area contributed by atoms with Gasteiger partial charge in [0.1, 0.15) is 0 Å². The fourth-order valence-corrected chi connectivity index (χ4v) is 4.13. The molecule has 25 heavy (non-hydrogen) atoms. The molecule has 7 heteroatoms. The number of aromatic nitrogens is 3. The minimum absolute atomic E-state index is 0.108. The van der Waals surface area contributed by atoms with E-state index in [-0.39, 0.29) is 22.8 Å². The monoisotopic (exact) mass is 339 g/mol. The first kappa shape index (κ1) is 15.8. The van der Waals surface area contributed by atoms with Crippen LogP contribution in [0.25, 0.3) is 0 Å². The van der Waals surface area contributed by atoms with E-state index in [0.717, 1.165) is 42.5 Å². The van der Waals surface area contributed by atoms with Crippen molar-refractivity contribution in [2.24, 2.45) is 0 Å². The molecule has 0 atom stereocenters. The summed E-state index contributed by atoms with van der Waals surface area (Å²) in [5, 5.41) is 0. The molecule has 0 unspecified atom stereocenters. The average molecular weight is 339 g/mol. The van der Waals surface area contributed by atoms with Gasteiger partial charge in [-0.15, -0.1) is 0 Å². The second-order valence-corrected chi connectivity index (χ2v) is 6.98. The van der Waals surface area contributed by atoms with E-state index in [4.69, 9.17) is 5.73 Å². The average Bonchev–Trinajstić information content (AvgIpc) is 2.95. The molecule has 2 aromatic rings. The van der Waals surface area contributed by atoms with E-state index in [2.05, 4.69) is 15.0 Å². The van der Waals surface area contributed by atoms with Crippen LogP contribution < -0.4 is 11.3 Å². The van der Waals surface area contributed by atoms with E-state index in [9.17, 15) is 9.59 Å². The molecule has 2 aliphatic rings. The Labute approximate surface area is 145 Å². The highest BCUT2D eigenvalue weighted by Crippen LogP contribution is 2.44. The maximum atomic E-state index is 12.5. The van der Waals surface area contributed by atoms with Crippen molar-refractivity contribution in [3.05, 3.63) is 51.7 Å². The van der Waals surface area contributed by atoms with Crippen LogP contribution in [-0.2, 0) is 23.1 Å². The summed E-state index contributed by atoms with van der Waals surface area (Å²) in [4.78, 5) is 37.6. The Morgan fingerprint density at radius 2 is 2.12 bits per heavy atom. The second-order valence-electron chi connectivity index (χ2n) is 6.98. The number of hydrogen-bond acceptors (Lipinski definition) is 5. The van der Waals surface area contributed by atoms with Crippen molar-refractivity contribution >= 4 is 11.9 Å². The number of nitrogen functional groups attached to an aromatic ring is 1. The van der Waals surface area contributed by atoms with Crippen molar-refractivity contribution in [3.8, 4) is 0 Å². The number of H-pyrrole nitrogens is 1. The molecule has 1 aliphatic heterocycles. The third kappa shape index (κ3) is 2.79. The van der Waals surface area contributed by atoms with E-state index in [1.807, 2.05) is 17.0 Å².